The van der Waals surface area contributed by atoms with Crippen molar-refractivity contribution >= 4 is 11.5 Å². The van der Waals surface area contributed by atoms with Crippen LogP contribution >= 0.6 is 11.5 Å². The number of hydrogen-bond acceptors (Lipinski definition) is 4. The normalized spacial score (nSPS) is 10.6. The number of aryl methyl sites for hydroxylation is 1. The van der Waals surface area contributed by atoms with E-state index in [0.29, 0.717) is 0 Å². The van der Waals surface area contributed by atoms with Crippen molar-refractivity contribution in [2.75, 3.05) is 7.05 Å². The van der Waals surface area contributed by atoms with Crippen LogP contribution in [0.3, 0.4) is 0 Å². The summed E-state index contributed by atoms with van der Waals surface area (Å²) in [6.45, 7) is 2.79. The molecular formula is C12H14N2OS. The minimum atomic E-state index is 0.286. The number of benzene rings is 1. The van der Waals surface area contributed by atoms with Gasteiger partial charge in [0.05, 0.1) is 5.69 Å². The maximum absolute atomic E-state index is 9.84. The van der Waals surface area contributed by atoms with E-state index in [1.165, 1.54) is 11.5 Å². The Labute approximate surface area is 98.9 Å². The lowest BCUT2D eigenvalue weighted by atomic mass is 10.0. The molecule has 0 aliphatic rings. The van der Waals surface area contributed by atoms with Gasteiger partial charge >= 0.3 is 0 Å². The van der Waals surface area contributed by atoms with Crippen molar-refractivity contribution < 1.29 is 5.11 Å². The van der Waals surface area contributed by atoms with E-state index in [4.69, 9.17) is 0 Å². The third kappa shape index (κ3) is 2.08. The Morgan fingerprint density at radius 2 is 2.25 bits per heavy atom. The first-order valence-corrected chi connectivity index (χ1v) is 5.94. The second-order valence-corrected chi connectivity index (χ2v) is 4.36. The topological polar surface area (TPSA) is 45.1 Å². The zero-order chi connectivity index (χ0) is 11.5. The minimum Gasteiger partial charge on any atom is -0.507 e. The highest BCUT2D eigenvalue weighted by molar-refractivity contribution is 7.04. The summed E-state index contributed by atoms with van der Waals surface area (Å²) in [5.74, 6) is 0.286. The molecule has 2 rings (SSSR count). The first-order chi connectivity index (χ1) is 7.72. The Morgan fingerprint density at radius 1 is 1.44 bits per heavy atom. The molecule has 1 aromatic carbocycles. The van der Waals surface area contributed by atoms with Crippen LogP contribution in [0.1, 0.15) is 11.1 Å². The van der Waals surface area contributed by atoms with Crippen molar-refractivity contribution in [2.24, 2.45) is 0 Å². The maximum Gasteiger partial charge on any atom is 0.125 e. The molecule has 0 fully saturated rings. The van der Waals surface area contributed by atoms with Crippen LogP contribution in [-0.4, -0.2) is 16.5 Å². The molecule has 0 bridgehead atoms. The van der Waals surface area contributed by atoms with Crippen LogP contribution in [-0.2, 0) is 6.54 Å². The van der Waals surface area contributed by atoms with Gasteiger partial charge in [-0.3, -0.25) is 0 Å². The lowest BCUT2D eigenvalue weighted by Gasteiger charge is -2.06. The van der Waals surface area contributed by atoms with Crippen LogP contribution in [0, 0.1) is 6.92 Å². The molecular weight excluding hydrogens is 220 g/mol. The highest BCUT2D eigenvalue weighted by atomic mass is 32.1. The summed E-state index contributed by atoms with van der Waals surface area (Å²) in [6.07, 6.45) is 0. The molecule has 1 heterocycles. The zero-order valence-corrected chi connectivity index (χ0v) is 10.1. The smallest absolute Gasteiger partial charge is 0.125 e. The Bertz CT molecular complexity index is 494. The van der Waals surface area contributed by atoms with Gasteiger partial charge in [-0.05, 0) is 48.8 Å². The van der Waals surface area contributed by atoms with Gasteiger partial charge < -0.3 is 10.4 Å². The average molecular weight is 234 g/mol. The largest absolute Gasteiger partial charge is 0.507 e. The molecule has 84 valence electrons. The van der Waals surface area contributed by atoms with Crippen LogP contribution in [0.25, 0.3) is 11.3 Å². The van der Waals surface area contributed by atoms with E-state index in [-0.39, 0.29) is 5.75 Å². The number of phenolic OH excluding ortho intramolecular Hbond substituents is 1. The van der Waals surface area contributed by atoms with Crippen LogP contribution < -0.4 is 5.32 Å². The maximum atomic E-state index is 9.84. The lowest BCUT2D eigenvalue weighted by Crippen LogP contribution is -2.04. The summed E-state index contributed by atoms with van der Waals surface area (Å²) in [5, 5.41) is 14.9. The fourth-order valence-corrected chi connectivity index (χ4v) is 2.30. The molecule has 0 saturated heterocycles. The van der Waals surface area contributed by atoms with Crippen molar-refractivity contribution in [3.63, 3.8) is 0 Å². The van der Waals surface area contributed by atoms with E-state index in [1.54, 1.807) is 6.07 Å². The van der Waals surface area contributed by atoms with Crippen molar-refractivity contribution in [2.45, 2.75) is 13.5 Å². The Hall–Kier alpha value is -1.39. The number of aromatic hydroxyl groups is 1. The molecule has 0 saturated carbocycles. The van der Waals surface area contributed by atoms with Gasteiger partial charge in [-0.15, -0.1) is 0 Å². The SMILES string of the molecule is CNCc1ccc(O)c(-c2nscc2C)c1. The molecule has 0 spiro atoms. The predicted octanol–water partition coefficient (Wildman–Crippen LogP) is 2.54. The van der Waals surface area contributed by atoms with E-state index in [1.807, 2.05) is 31.5 Å². The van der Waals surface area contributed by atoms with E-state index < -0.39 is 0 Å². The molecule has 3 nitrogen and oxygen atoms in total. The molecule has 0 unspecified atom stereocenters. The molecule has 0 amide bonds. The van der Waals surface area contributed by atoms with Crippen molar-refractivity contribution in [3.05, 3.63) is 34.7 Å². The highest BCUT2D eigenvalue weighted by Crippen LogP contribution is 2.31. The van der Waals surface area contributed by atoms with Gasteiger partial charge in [0.15, 0.2) is 0 Å². The Morgan fingerprint density at radius 3 is 2.88 bits per heavy atom. The number of nitrogens with zero attached hydrogens (tertiary/aromatic N) is 1. The second kappa shape index (κ2) is 4.63. The summed E-state index contributed by atoms with van der Waals surface area (Å²) in [4.78, 5) is 0. The molecule has 0 atom stereocenters. The molecule has 0 aliphatic carbocycles. The fourth-order valence-electron chi connectivity index (χ4n) is 1.63. The van der Waals surface area contributed by atoms with E-state index in [2.05, 4.69) is 9.69 Å². The van der Waals surface area contributed by atoms with Crippen LogP contribution in [0.4, 0.5) is 0 Å². The lowest BCUT2D eigenvalue weighted by molar-refractivity contribution is 0.477. The Kier molecular flexibility index (Phi) is 3.22. The van der Waals surface area contributed by atoms with Crippen LogP contribution in [0.5, 0.6) is 5.75 Å². The molecule has 2 aromatic rings. The number of rotatable bonds is 3. The summed E-state index contributed by atoms with van der Waals surface area (Å²) in [7, 11) is 1.90. The summed E-state index contributed by atoms with van der Waals surface area (Å²) >= 11 is 1.41. The van der Waals surface area contributed by atoms with Crippen molar-refractivity contribution in [3.8, 4) is 17.0 Å². The molecule has 16 heavy (non-hydrogen) atoms. The van der Waals surface area contributed by atoms with Gasteiger partial charge in [-0.25, -0.2) is 0 Å². The van der Waals surface area contributed by atoms with Crippen LogP contribution in [0.2, 0.25) is 0 Å². The molecule has 4 heteroatoms. The summed E-state index contributed by atoms with van der Waals surface area (Å²) < 4.78 is 4.31. The molecule has 1 aromatic heterocycles. The highest BCUT2D eigenvalue weighted by Gasteiger charge is 2.10. The van der Waals surface area contributed by atoms with E-state index in [9.17, 15) is 5.11 Å². The Balaban J connectivity index is 2.47. The monoisotopic (exact) mass is 234 g/mol. The fraction of sp³-hybridized carbons (Fsp3) is 0.250. The quantitative estimate of drug-likeness (QED) is 0.858. The predicted molar refractivity (Wildman–Crippen MR) is 66.7 cm³/mol. The van der Waals surface area contributed by atoms with Gasteiger partial charge in [-0.2, -0.15) is 4.37 Å². The van der Waals surface area contributed by atoms with Gasteiger partial charge in [-0.1, -0.05) is 6.07 Å². The standard InChI is InChI=1S/C12H14N2OS/c1-8-7-16-14-12(8)10-5-9(6-13-2)3-4-11(10)15/h3-5,7,13,15H,6H2,1-2H3. The van der Waals surface area contributed by atoms with Gasteiger partial charge in [0.1, 0.15) is 5.75 Å². The number of phenols is 1. The van der Waals surface area contributed by atoms with Gasteiger partial charge in [0, 0.05) is 17.5 Å². The van der Waals surface area contributed by atoms with Gasteiger partial charge in [0.25, 0.3) is 0 Å². The van der Waals surface area contributed by atoms with Gasteiger partial charge in [0.2, 0.25) is 0 Å². The molecule has 0 radical (unpaired) electrons. The van der Waals surface area contributed by atoms with Crippen molar-refractivity contribution in [1.29, 1.82) is 0 Å². The molecule has 0 aliphatic heterocycles. The first kappa shape index (κ1) is 11.1. The summed E-state index contributed by atoms with van der Waals surface area (Å²) in [6, 6.07) is 5.62. The number of nitrogens with one attached hydrogen (secondary N) is 1. The number of hydrogen-bond donors (Lipinski definition) is 2. The number of aromatic nitrogens is 1. The van der Waals surface area contributed by atoms with E-state index in [0.717, 1.165) is 28.9 Å². The third-order valence-corrected chi connectivity index (χ3v) is 3.19. The third-order valence-electron chi connectivity index (χ3n) is 2.44. The molecule has 2 N–H and O–H groups in total. The van der Waals surface area contributed by atoms with Crippen LogP contribution in [0.15, 0.2) is 23.6 Å². The average Bonchev–Trinajstić information content (AvgIpc) is 2.68. The minimum absolute atomic E-state index is 0.286. The van der Waals surface area contributed by atoms with E-state index >= 15 is 0 Å². The second-order valence-electron chi connectivity index (χ2n) is 3.73. The zero-order valence-electron chi connectivity index (χ0n) is 9.32. The van der Waals surface area contributed by atoms with Crippen molar-refractivity contribution in [1.82, 2.24) is 9.69 Å². The summed E-state index contributed by atoms with van der Waals surface area (Å²) in [5.41, 5.74) is 3.93. The first-order valence-electron chi connectivity index (χ1n) is 5.10.